The molecular weight excluding hydrogens is 315 g/mol. The molecule has 5 nitrogen and oxygen atoms in total. The molecule has 0 radical (unpaired) electrons. The third kappa shape index (κ3) is 5.44. The van der Waals surface area contributed by atoms with Crippen molar-refractivity contribution in [3.8, 4) is 0 Å². The molecule has 1 aromatic carbocycles. The number of carboxylic acid groups (broad SMARTS) is 1. The maximum absolute atomic E-state index is 12.0. The van der Waals surface area contributed by atoms with Crippen molar-refractivity contribution in [3.05, 3.63) is 28.2 Å². The molecular formula is C14H18Cl2N2O3. The Balaban J connectivity index is 2.65. The fraction of sp³-hybridized carbons (Fsp3) is 0.429. The number of rotatable bonds is 7. The van der Waals surface area contributed by atoms with Gasteiger partial charge >= 0.3 is 5.97 Å². The van der Waals surface area contributed by atoms with Crippen molar-refractivity contribution in [1.29, 1.82) is 0 Å². The molecule has 0 fully saturated rings. The smallest absolute Gasteiger partial charge is 0.326 e. The average Bonchev–Trinajstić information content (AvgIpc) is 2.42. The molecule has 0 aliphatic heterocycles. The third-order valence-corrected chi connectivity index (χ3v) is 3.63. The molecule has 0 aromatic heterocycles. The number of carbonyl (C=O) groups is 2. The SMILES string of the molecule is CCCC(NC(=O)[C@H](C)Nc1ccc(Cl)c(Cl)c1)C(=O)O. The second-order valence-electron chi connectivity index (χ2n) is 4.68. The zero-order valence-electron chi connectivity index (χ0n) is 11.8. The van der Waals surface area contributed by atoms with E-state index in [0.29, 0.717) is 28.6 Å². The molecule has 1 amide bonds. The molecule has 1 unspecified atom stereocenters. The minimum absolute atomic E-state index is 0.378. The van der Waals surface area contributed by atoms with Gasteiger partial charge in [0.15, 0.2) is 0 Å². The van der Waals surface area contributed by atoms with E-state index in [9.17, 15) is 9.59 Å². The number of halogens is 2. The van der Waals surface area contributed by atoms with Crippen LogP contribution in [0.4, 0.5) is 5.69 Å². The molecule has 0 heterocycles. The van der Waals surface area contributed by atoms with E-state index >= 15 is 0 Å². The minimum Gasteiger partial charge on any atom is -0.480 e. The van der Waals surface area contributed by atoms with Crippen LogP contribution in [0.3, 0.4) is 0 Å². The fourth-order valence-electron chi connectivity index (χ4n) is 1.74. The van der Waals surface area contributed by atoms with E-state index in [-0.39, 0.29) is 5.91 Å². The molecule has 0 bridgehead atoms. The van der Waals surface area contributed by atoms with Gasteiger partial charge in [0.2, 0.25) is 5.91 Å². The standard InChI is InChI=1S/C14H18Cl2N2O3/c1-3-4-12(14(20)21)18-13(19)8(2)17-9-5-6-10(15)11(16)7-9/h5-8,12,17H,3-4H2,1-2H3,(H,18,19)(H,20,21)/t8-,12?/m0/s1. The van der Waals surface area contributed by atoms with Crippen LogP contribution in [0.25, 0.3) is 0 Å². The average molecular weight is 333 g/mol. The first-order valence-electron chi connectivity index (χ1n) is 6.60. The van der Waals surface area contributed by atoms with Crippen LogP contribution in [-0.2, 0) is 9.59 Å². The van der Waals surface area contributed by atoms with Crippen LogP contribution in [0, 0.1) is 0 Å². The topological polar surface area (TPSA) is 78.4 Å². The van der Waals surface area contributed by atoms with E-state index < -0.39 is 18.1 Å². The summed E-state index contributed by atoms with van der Waals surface area (Å²) in [6.45, 7) is 3.50. The van der Waals surface area contributed by atoms with Crippen molar-refractivity contribution in [3.63, 3.8) is 0 Å². The van der Waals surface area contributed by atoms with Gasteiger partial charge in [0.05, 0.1) is 10.0 Å². The number of aliphatic carboxylic acids is 1. The summed E-state index contributed by atoms with van der Waals surface area (Å²) in [6.07, 6.45) is 1.06. The Hall–Kier alpha value is -1.46. The van der Waals surface area contributed by atoms with E-state index in [2.05, 4.69) is 10.6 Å². The Morgan fingerprint density at radius 3 is 2.48 bits per heavy atom. The Bertz CT molecular complexity index is 523. The quantitative estimate of drug-likeness (QED) is 0.716. The summed E-state index contributed by atoms with van der Waals surface area (Å²) in [7, 11) is 0. The van der Waals surface area contributed by atoms with E-state index in [1.807, 2.05) is 6.92 Å². The number of carbonyl (C=O) groups excluding carboxylic acids is 1. The molecule has 0 saturated carbocycles. The second kappa shape index (κ2) is 8.10. The lowest BCUT2D eigenvalue weighted by atomic mass is 10.1. The molecule has 0 spiro atoms. The molecule has 1 aromatic rings. The van der Waals surface area contributed by atoms with Gasteiger partial charge in [0.1, 0.15) is 12.1 Å². The minimum atomic E-state index is -1.04. The van der Waals surface area contributed by atoms with Crippen LogP contribution >= 0.6 is 23.2 Å². The Morgan fingerprint density at radius 2 is 1.95 bits per heavy atom. The van der Waals surface area contributed by atoms with Gasteiger partial charge in [-0.15, -0.1) is 0 Å². The van der Waals surface area contributed by atoms with Gasteiger partial charge in [0, 0.05) is 5.69 Å². The summed E-state index contributed by atoms with van der Waals surface area (Å²) in [6, 6.07) is 3.45. The molecule has 2 atom stereocenters. The van der Waals surface area contributed by atoms with Crippen molar-refractivity contribution in [2.24, 2.45) is 0 Å². The largest absolute Gasteiger partial charge is 0.480 e. The van der Waals surface area contributed by atoms with E-state index in [4.69, 9.17) is 28.3 Å². The van der Waals surface area contributed by atoms with E-state index in [0.717, 1.165) is 0 Å². The van der Waals surface area contributed by atoms with Crippen LogP contribution in [0.15, 0.2) is 18.2 Å². The molecule has 7 heteroatoms. The predicted octanol–water partition coefficient (Wildman–Crippen LogP) is 3.16. The highest BCUT2D eigenvalue weighted by molar-refractivity contribution is 6.42. The molecule has 0 aliphatic rings. The van der Waals surface area contributed by atoms with Gasteiger partial charge in [-0.05, 0) is 31.5 Å². The first-order valence-corrected chi connectivity index (χ1v) is 7.35. The van der Waals surface area contributed by atoms with Gasteiger partial charge in [-0.2, -0.15) is 0 Å². The number of anilines is 1. The molecule has 3 N–H and O–H groups in total. The first-order chi connectivity index (χ1) is 9.85. The summed E-state index contributed by atoms with van der Waals surface area (Å²) in [5.74, 6) is -1.42. The van der Waals surface area contributed by atoms with Crippen LogP contribution in [-0.4, -0.2) is 29.1 Å². The maximum atomic E-state index is 12.0. The molecule has 0 aliphatic carbocycles. The summed E-state index contributed by atoms with van der Waals surface area (Å²) < 4.78 is 0. The number of hydrogen-bond acceptors (Lipinski definition) is 3. The number of carboxylic acids is 1. The van der Waals surface area contributed by atoms with Crippen molar-refractivity contribution in [1.82, 2.24) is 5.32 Å². The Morgan fingerprint density at radius 1 is 1.29 bits per heavy atom. The van der Waals surface area contributed by atoms with Crippen LogP contribution < -0.4 is 10.6 Å². The summed E-state index contributed by atoms with van der Waals surface area (Å²) >= 11 is 11.7. The normalized spacial score (nSPS) is 13.3. The van der Waals surface area contributed by atoms with Gasteiger partial charge in [-0.1, -0.05) is 36.5 Å². The number of hydrogen-bond donors (Lipinski definition) is 3. The van der Waals surface area contributed by atoms with E-state index in [1.54, 1.807) is 25.1 Å². The van der Waals surface area contributed by atoms with Crippen molar-refractivity contribution >= 4 is 40.8 Å². The lowest BCUT2D eigenvalue weighted by molar-refractivity contribution is -0.142. The monoisotopic (exact) mass is 332 g/mol. The zero-order valence-corrected chi connectivity index (χ0v) is 13.3. The molecule has 1 rings (SSSR count). The highest BCUT2D eigenvalue weighted by Crippen LogP contribution is 2.25. The van der Waals surface area contributed by atoms with Gasteiger partial charge in [-0.25, -0.2) is 4.79 Å². The molecule has 21 heavy (non-hydrogen) atoms. The van der Waals surface area contributed by atoms with Crippen LogP contribution in [0.2, 0.25) is 10.0 Å². The molecule has 116 valence electrons. The number of nitrogens with one attached hydrogen (secondary N) is 2. The maximum Gasteiger partial charge on any atom is 0.326 e. The fourth-order valence-corrected chi connectivity index (χ4v) is 2.04. The number of amides is 1. The third-order valence-electron chi connectivity index (χ3n) is 2.89. The predicted molar refractivity (Wildman–Crippen MR) is 84.0 cm³/mol. The van der Waals surface area contributed by atoms with Crippen molar-refractivity contribution in [2.75, 3.05) is 5.32 Å². The Labute approximate surface area is 133 Å². The van der Waals surface area contributed by atoms with Crippen molar-refractivity contribution in [2.45, 2.75) is 38.8 Å². The van der Waals surface area contributed by atoms with Crippen LogP contribution in [0.5, 0.6) is 0 Å². The summed E-state index contributed by atoms with van der Waals surface area (Å²) in [5.41, 5.74) is 0.634. The molecule has 0 saturated heterocycles. The lowest BCUT2D eigenvalue weighted by Gasteiger charge is -2.19. The Kier molecular flexibility index (Phi) is 6.78. The van der Waals surface area contributed by atoms with Gasteiger partial charge in [-0.3, -0.25) is 4.79 Å². The highest BCUT2D eigenvalue weighted by atomic mass is 35.5. The van der Waals surface area contributed by atoms with Crippen LogP contribution in [0.1, 0.15) is 26.7 Å². The lowest BCUT2D eigenvalue weighted by Crippen LogP contribution is -2.46. The summed E-state index contributed by atoms with van der Waals surface area (Å²) in [5, 5.41) is 15.3. The highest BCUT2D eigenvalue weighted by Gasteiger charge is 2.22. The van der Waals surface area contributed by atoms with Crippen molar-refractivity contribution < 1.29 is 14.7 Å². The zero-order chi connectivity index (χ0) is 16.0. The van der Waals surface area contributed by atoms with Gasteiger partial charge < -0.3 is 15.7 Å². The first kappa shape index (κ1) is 17.6. The van der Waals surface area contributed by atoms with Gasteiger partial charge in [0.25, 0.3) is 0 Å². The second-order valence-corrected chi connectivity index (χ2v) is 5.50. The number of benzene rings is 1. The summed E-state index contributed by atoms with van der Waals surface area (Å²) in [4.78, 5) is 23.0. The van der Waals surface area contributed by atoms with E-state index in [1.165, 1.54) is 0 Å².